The van der Waals surface area contributed by atoms with Crippen LogP contribution in [0.25, 0.3) is 6.08 Å². The van der Waals surface area contributed by atoms with Crippen LogP contribution >= 0.6 is 23.2 Å². The summed E-state index contributed by atoms with van der Waals surface area (Å²) in [4.78, 5) is 26.3. The van der Waals surface area contributed by atoms with Crippen molar-refractivity contribution in [3.8, 4) is 11.5 Å². The van der Waals surface area contributed by atoms with E-state index >= 15 is 0 Å². The second kappa shape index (κ2) is 9.34. The van der Waals surface area contributed by atoms with Gasteiger partial charge in [0.15, 0.2) is 11.5 Å². The Hall–Kier alpha value is -3.48. The number of halogens is 2. The van der Waals surface area contributed by atoms with Crippen molar-refractivity contribution in [2.45, 2.75) is 6.61 Å². The molecule has 3 aromatic carbocycles. The van der Waals surface area contributed by atoms with Gasteiger partial charge < -0.3 is 14.8 Å². The zero-order valence-corrected chi connectivity index (χ0v) is 18.5. The van der Waals surface area contributed by atoms with Gasteiger partial charge in [0.2, 0.25) is 0 Å². The van der Waals surface area contributed by atoms with E-state index in [4.69, 9.17) is 32.7 Å². The van der Waals surface area contributed by atoms with Crippen LogP contribution in [0.5, 0.6) is 11.5 Å². The van der Waals surface area contributed by atoms with E-state index in [9.17, 15) is 9.59 Å². The van der Waals surface area contributed by atoms with Crippen LogP contribution in [0.1, 0.15) is 11.1 Å². The summed E-state index contributed by atoms with van der Waals surface area (Å²) in [7, 11) is 1.50. The summed E-state index contributed by atoms with van der Waals surface area (Å²) in [6.07, 6.45) is 1.53. The molecule has 1 saturated heterocycles. The number of hydrogen-bond acceptors (Lipinski definition) is 4. The summed E-state index contributed by atoms with van der Waals surface area (Å²) in [6.45, 7) is 0.320. The third-order valence-electron chi connectivity index (χ3n) is 4.73. The van der Waals surface area contributed by atoms with E-state index in [1.807, 2.05) is 30.3 Å². The molecule has 32 heavy (non-hydrogen) atoms. The van der Waals surface area contributed by atoms with Crippen molar-refractivity contribution < 1.29 is 19.1 Å². The van der Waals surface area contributed by atoms with Gasteiger partial charge in [0.25, 0.3) is 5.91 Å². The number of anilines is 1. The number of nitrogens with zero attached hydrogens (tertiary/aromatic N) is 1. The largest absolute Gasteiger partial charge is 0.493 e. The number of imide groups is 1. The summed E-state index contributed by atoms with van der Waals surface area (Å²) in [6, 6.07) is 18.9. The highest BCUT2D eigenvalue weighted by Gasteiger charge is 2.35. The molecule has 8 heteroatoms. The fourth-order valence-corrected chi connectivity index (χ4v) is 3.70. The van der Waals surface area contributed by atoms with Crippen molar-refractivity contribution in [1.29, 1.82) is 0 Å². The van der Waals surface area contributed by atoms with Crippen LogP contribution in [-0.2, 0) is 11.4 Å². The Labute approximate surface area is 195 Å². The highest BCUT2D eigenvalue weighted by atomic mass is 35.5. The maximum absolute atomic E-state index is 12.8. The first-order valence-electron chi connectivity index (χ1n) is 9.63. The van der Waals surface area contributed by atoms with Crippen LogP contribution in [0.15, 0.2) is 72.4 Å². The summed E-state index contributed by atoms with van der Waals surface area (Å²) in [5.74, 6) is 0.294. The minimum atomic E-state index is -0.565. The fraction of sp³-hybridized carbons (Fsp3) is 0.0833. The minimum absolute atomic E-state index is 0.103. The van der Waals surface area contributed by atoms with Crippen molar-refractivity contribution in [2.24, 2.45) is 0 Å². The standard InChI is InChI=1S/C24H18Cl2N2O4/c1-31-21-12-16(10-19(26)22(21)32-14-15-6-3-2-4-7-15)11-20-23(29)28(24(30)27-20)18-9-5-8-17(25)13-18/h2-13H,14H2,1H3,(H,27,30)/b20-11+. The Morgan fingerprint density at radius 2 is 1.78 bits per heavy atom. The SMILES string of the molecule is COc1cc(/C=C2/NC(=O)N(c3cccc(Cl)c3)C2=O)cc(Cl)c1OCc1ccccc1. The van der Waals surface area contributed by atoms with Gasteiger partial charge in [-0.25, -0.2) is 9.69 Å². The number of carbonyl (C=O) groups excluding carboxylic acids is 2. The molecule has 1 aliphatic rings. The van der Waals surface area contributed by atoms with E-state index in [0.29, 0.717) is 39.4 Å². The Morgan fingerprint density at radius 3 is 2.50 bits per heavy atom. The molecule has 162 valence electrons. The Bertz CT molecular complexity index is 1210. The monoisotopic (exact) mass is 468 g/mol. The van der Waals surface area contributed by atoms with Crippen LogP contribution in [0.3, 0.4) is 0 Å². The third-order valence-corrected chi connectivity index (χ3v) is 5.25. The van der Waals surface area contributed by atoms with Crippen LogP contribution in [0.4, 0.5) is 10.5 Å². The lowest BCUT2D eigenvalue weighted by Gasteiger charge is -2.13. The molecule has 1 fully saturated rings. The first-order chi connectivity index (χ1) is 15.5. The Morgan fingerprint density at radius 1 is 1.00 bits per heavy atom. The van der Waals surface area contributed by atoms with Gasteiger partial charge in [-0.2, -0.15) is 0 Å². The molecule has 0 atom stereocenters. The molecule has 6 nitrogen and oxygen atoms in total. The second-order valence-electron chi connectivity index (χ2n) is 6.92. The van der Waals surface area contributed by atoms with Crippen molar-refractivity contribution in [2.75, 3.05) is 12.0 Å². The molecule has 0 aliphatic carbocycles. The normalized spacial score (nSPS) is 14.6. The predicted molar refractivity (Wildman–Crippen MR) is 124 cm³/mol. The van der Waals surface area contributed by atoms with E-state index < -0.39 is 11.9 Å². The first-order valence-corrected chi connectivity index (χ1v) is 10.4. The van der Waals surface area contributed by atoms with E-state index in [1.165, 1.54) is 13.2 Å². The Balaban J connectivity index is 1.59. The fourth-order valence-electron chi connectivity index (χ4n) is 3.24. The van der Waals surface area contributed by atoms with E-state index in [0.717, 1.165) is 10.5 Å². The van der Waals surface area contributed by atoms with E-state index in [-0.39, 0.29) is 5.70 Å². The van der Waals surface area contributed by atoms with Gasteiger partial charge in [0.1, 0.15) is 12.3 Å². The zero-order chi connectivity index (χ0) is 22.7. The number of rotatable bonds is 6. The van der Waals surface area contributed by atoms with E-state index in [2.05, 4.69) is 5.32 Å². The summed E-state index contributed by atoms with van der Waals surface area (Å²) < 4.78 is 11.3. The molecule has 0 aromatic heterocycles. The van der Waals surface area contributed by atoms with Gasteiger partial charge in [0.05, 0.1) is 17.8 Å². The number of carbonyl (C=O) groups is 2. The Kier molecular flexibility index (Phi) is 6.35. The average Bonchev–Trinajstić information content (AvgIpc) is 3.06. The predicted octanol–water partition coefficient (Wildman–Crippen LogP) is 5.68. The quantitative estimate of drug-likeness (QED) is 0.373. The number of urea groups is 1. The maximum Gasteiger partial charge on any atom is 0.333 e. The van der Waals surface area contributed by atoms with Crippen molar-refractivity contribution in [3.05, 3.63) is 93.6 Å². The number of ether oxygens (including phenoxy) is 2. The number of amides is 3. The molecular weight excluding hydrogens is 451 g/mol. The van der Waals surface area contributed by atoms with Gasteiger partial charge in [-0.3, -0.25) is 4.79 Å². The number of hydrogen-bond donors (Lipinski definition) is 1. The molecule has 1 N–H and O–H groups in total. The molecular formula is C24H18Cl2N2O4. The number of benzene rings is 3. The molecule has 4 rings (SSSR count). The lowest BCUT2D eigenvalue weighted by molar-refractivity contribution is -0.113. The summed E-state index contributed by atoms with van der Waals surface area (Å²) >= 11 is 12.4. The van der Waals surface area contributed by atoms with Crippen LogP contribution in [-0.4, -0.2) is 19.0 Å². The molecule has 3 aromatic rings. The van der Waals surface area contributed by atoms with Crippen molar-refractivity contribution in [1.82, 2.24) is 5.32 Å². The molecule has 0 spiro atoms. The van der Waals surface area contributed by atoms with Crippen molar-refractivity contribution in [3.63, 3.8) is 0 Å². The minimum Gasteiger partial charge on any atom is -0.493 e. The van der Waals surface area contributed by atoms with Crippen LogP contribution in [0.2, 0.25) is 10.0 Å². The van der Waals surface area contributed by atoms with Crippen LogP contribution in [0, 0.1) is 0 Å². The van der Waals surface area contributed by atoms with Crippen LogP contribution < -0.4 is 19.7 Å². The van der Waals surface area contributed by atoms with Gasteiger partial charge >= 0.3 is 6.03 Å². The highest BCUT2D eigenvalue weighted by Crippen LogP contribution is 2.38. The number of nitrogens with one attached hydrogen (secondary N) is 1. The number of methoxy groups -OCH3 is 1. The molecule has 0 radical (unpaired) electrons. The second-order valence-corrected chi connectivity index (χ2v) is 7.76. The molecule has 0 unspecified atom stereocenters. The first kappa shape index (κ1) is 21.7. The molecule has 3 amide bonds. The molecule has 0 bridgehead atoms. The van der Waals surface area contributed by atoms with Gasteiger partial charge in [0, 0.05) is 5.02 Å². The van der Waals surface area contributed by atoms with E-state index in [1.54, 1.807) is 36.4 Å². The van der Waals surface area contributed by atoms with Gasteiger partial charge in [-0.1, -0.05) is 59.6 Å². The molecule has 1 heterocycles. The molecule has 1 aliphatic heterocycles. The van der Waals surface area contributed by atoms with Crippen molar-refractivity contribution >= 4 is 46.9 Å². The van der Waals surface area contributed by atoms with Gasteiger partial charge in [-0.05, 0) is 47.5 Å². The molecule has 0 saturated carbocycles. The summed E-state index contributed by atoms with van der Waals surface area (Å²) in [5, 5.41) is 3.31. The summed E-state index contributed by atoms with van der Waals surface area (Å²) in [5.41, 5.74) is 2.03. The smallest absolute Gasteiger partial charge is 0.333 e. The lowest BCUT2D eigenvalue weighted by Crippen LogP contribution is -2.30. The zero-order valence-electron chi connectivity index (χ0n) is 17.0. The maximum atomic E-state index is 12.8. The third kappa shape index (κ3) is 4.56. The topological polar surface area (TPSA) is 67.9 Å². The highest BCUT2D eigenvalue weighted by molar-refractivity contribution is 6.33. The van der Waals surface area contributed by atoms with Gasteiger partial charge in [-0.15, -0.1) is 0 Å². The average molecular weight is 469 g/mol. The lowest BCUT2D eigenvalue weighted by atomic mass is 10.1.